The van der Waals surface area contributed by atoms with Gasteiger partial charge in [0.15, 0.2) is 0 Å². The lowest BCUT2D eigenvalue weighted by atomic mass is 9.79. The standard InChI is InChI=1S/C19H20N2O/c20-17-12-19(17)10-4-7-13-8-9-15(11-16(13)19)21-18(22)14-5-2-1-3-6-14/h1-3,5-6,8-9,11,17H,4,7,10,12,20H2,(H,21,22)/t17-,19+/m1/s1. The van der Waals surface area contributed by atoms with Gasteiger partial charge in [0, 0.05) is 22.7 Å². The molecule has 3 heteroatoms. The number of nitrogens with two attached hydrogens (primary N) is 1. The van der Waals surface area contributed by atoms with E-state index in [1.54, 1.807) is 0 Å². The highest BCUT2D eigenvalue weighted by molar-refractivity contribution is 6.04. The van der Waals surface area contributed by atoms with Gasteiger partial charge in [-0.25, -0.2) is 0 Å². The number of hydrogen-bond acceptors (Lipinski definition) is 2. The Hall–Kier alpha value is -2.13. The maximum Gasteiger partial charge on any atom is 0.255 e. The normalized spacial score (nSPS) is 25.6. The zero-order valence-electron chi connectivity index (χ0n) is 12.5. The van der Waals surface area contributed by atoms with Gasteiger partial charge in [-0.2, -0.15) is 0 Å². The molecule has 2 aliphatic carbocycles. The summed E-state index contributed by atoms with van der Waals surface area (Å²) >= 11 is 0. The molecule has 2 atom stereocenters. The number of carbonyl (C=O) groups excluding carboxylic acids is 1. The largest absolute Gasteiger partial charge is 0.327 e. The van der Waals surface area contributed by atoms with Gasteiger partial charge < -0.3 is 11.1 Å². The molecule has 0 unspecified atom stereocenters. The van der Waals surface area contributed by atoms with Gasteiger partial charge in [-0.3, -0.25) is 4.79 Å². The summed E-state index contributed by atoms with van der Waals surface area (Å²) in [6.07, 6.45) is 4.60. The van der Waals surface area contributed by atoms with Crippen LogP contribution in [-0.2, 0) is 11.8 Å². The van der Waals surface area contributed by atoms with Gasteiger partial charge in [0.25, 0.3) is 5.91 Å². The van der Waals surface area contributed by atoms with E-state index in [-0.39, 0.29) is 17.4 Å². The van der Waals surface area contributed by atoms with Crippen molar-refractivity contribution in [2.75, 3.05) is 5.32 Å². The second kappa shape index (κ2) is 4.96. The molecule has 0 heterocycles. The number of anilines is 1. The van der Waals surface area contributed by atoms with Crippen molar-refractivity contribution in [1.29, 1.82) is 0 Å². The van der Waals surface area contributed by atoms with Crippen LogP contribution < -0.4 is 11.1 Å². The fourth-order valence-corrected chi connectivity index (χ4v) is 3.79. The first-order chi connectivity index (χ1) is 10.7. The molecule has 3 nitrogen and oxygen atoms in total. The number of benzene rings is 2. The molecule has 0 aromatic heterocycles. The Labute approximate surface area is 130 Å². The van der Waals surface area contributed by atoms with E-state index in [2.05, 4.69) is 17.4 Å². The van der Waals surface area contributed by atoms with E-state index < -0.39 is 0 Å². The van der Waals surface area contributed by atoms with Crippen LogP contribution in [0, 0.1) is 0 Å². The van der Waals surface area contributed by atoms with Crippen molar-refractivity contribution in [3.8, 4) is 0 Å². The fourth-order valence-electron chi connectivity index (χ4n) is 3.79. The van der Waals surface area contributed by atoms with Crippen LogP contribution in [0.15, 0.2) is 48.5 Å². The minimum absolute atomic E-state index is 0.0643. The SMILES string of the molecule is N[C@@H]1C[C@]12CCCc1ccc(NC(=O)c3ccccc3)cc12. The summed E-state index contributed by atoms with van der Waals surface area (Å²) in [7, 11) is 0. The summed E-state index contributed by atoms with van der Waals surface area (Å²) in [6, 6.07) is 15.9. The molecule has 3 N–H and O–H groups in total. The maximum absolute atomic E-state index is 12.3. The van der Waals surface area contributed by atoms with E-state index in [0.717, 1.165) is 18.5 Å². The van der Waals surface area contributed by atoms with Crippen LogP contribution >= 0.6 is 0 Å². The third kappa shape index (κ3) is 2.13. The van der Waals surface area contributed by atoms with E-state index in [4.69, 9.17) is 5.73 Å². The second-order valence-corrected chi connectivity index (χ2v) is 6.51. The predicted molar refractivity (Wildman–Crippen MR) is 88.0 cm³/mol. The molecule has 2 aromatic rings. The number of aryl methyl sites for hydroxylation is 1. The Bertz CT molecular complexity index is 725. The van der Waals surface area contributed by atoms with Crippen molar-refractivity contribution >= 4 is 11.6 Å². The molecule has 1 fully saturated rings. The van der Waals surface area contributed by atoms with Gasteiger partial charge in [-0.1, -0.05) is 24.3 Å². The van der Waals surface area contributed by atoms with Crippen molar-refractivity contribution in [2.45, 2.75) is 37.1 Å². The van der Waals surface area contributed by atoms with E-state index >= 15 is 0 Å². The van der Waals surface area contributed by atoms with Crippen molar-refractivity contribution in [3.63, 3.8) is 0 Å². The van der Waals surface area contributed by atoms with Gasteiger partial charge in [-0.15, -0.1) is 0 Å². The quantitative estimate of drug-likeness (QED) is 0.892. The molecule has 0 radical (unpaired) electrons. The van der Waals surface area contributed by atoms with Gasteiger partial charge in [0.1, 0.15) is 0 Å². The maximum atomic E-state index is 12.3. The van der Waals surface area contributed by atoms with Gasteiger partial charge in [0.05, 0.1) is 0 Å². The Balaban J connectivity index is 1.62. The number of carbonyl (C=O) groups is 1. The molecule has 1 spiro atoms. The number of amides is 1. The van der Waals surface area contributed by atoms with Crippen molar-refractivity contribution in [3.05, 3.63) is 65.2 Å². The fraction of sp³-hybridized carbons (Fsp3) is 0.316. The van der Waals surface area contributed by atoms with Gasteiger partial charge in [0.2, 0.25) is 0 Å². The topological polar surface area (TPSA) is 55.1 Å². The van der Waals surface area contributed by atoms with E-state index in [1.807, 2.05) is 36.4 Å². The lowest BCUT2D eigenvalue weighted by Crippen LogP contribution is -2.24. The summed E-state index contributed by atoms with van der Waals surface area (Å²) in [6.45, 7) is 0. The molecular formula is C19H20N2O. The third-order valence-electron chi connectivity index (χ3n) is 5.14. The first kappa shape index (κ1) is 13.5. The zero-order chi connectivity index (χ0) is 15.2. The van der Waals surface area contributed by atoms with Gasteiger partial charge >= 0.3 is 0 Å². The number of nitrogens with one attached hydrogen (secondary N) is 1. The molecule has 1 amide bonds. The molecule has 1 saturated carbocycles. The molecule has 112 valence electrons. The van der Waals surface area contributed by atoms with Crippen LogP contribution in [0.2, 0.25) is 0 Å². The molecule has 4 rings (SSSR count). The minimum Gasteiger partial charge on any atom is -0.327 e. The average molecular weight is 292 g/mol. The highest BCUT2D eigenvalue weighted by atomic mass is 16.1. The molecule has 0 aliphatic heterocycles. The lowest BCUT2D eigenvalue weighted by Gasteiger charge is -2.26. The van der Waals surface area contributed by atoms with Crippen LogP contribution in [0.25, 0.3) is 0 Å². The highest BCUT2D eigenvalue weighted by Gasteiger charge is 2.54. The number of fused-ring (bicyclic) bond motifs is 2. The molecular weight excluding hydrogens is 272 g/mol. The van der Waals surface area contributed by atoms with Crippen molar-refractivity contribution in [1.82, 2.24) is 0 Å². The zero-order valence-corrected chi connectivity index (χ0v) is 12.5. The predicted octanol–water partition coefficient (Wildman–Crippen LogP) is 3.24. The first-order valence-corrected chi connectivity index (χ1v) is 7.94. The van der Waals surface area contributed by atoms with Crippen LogP contribution in [0.1, 0.15) is 40.7 Å². The molecule has 22 heavy (non-hydrogen) atoms. The summed E-state index contributed by atoms with van der Waals surface area (Å²) in [5.41, 5.74) is 10.7. The van der Waals surface area contributed by atoms with E-state index in [0.29, 0.717) is 5.56 Å². The Morgan fingerprint density at radius 1 is 1.18 bits per heavy atom. The Morgan fingerprint density at radius 2 is 1.95 bits per heavy atom. The number of hydrogen-bond donors (Lipinski definition) is 2. The van der Waals surface area contributed by atoms with Crippen molar-refractivity contribution < 1.29 is 4.79 Å². The minimum atomic E-state index is -0.0643. The van der Waals surface area contributed by atoms with Gasteiger partial charge in [-0.05, 0) is 61.1 Å². The van der Waals surface area contributed by atoms with Crippen LogP contribution in [0.5, 0.6) is 0 Å². The third-order valence-corrected chi connectivity index (χ3v) is 5.14. The van der Waals surface area contributed by atoms with E-state index in [9.17, 15) is 4.79 Å². The molecule has 2 aromatic carbocycles. The summed E-state index contributed by atoms with van der Waals surface area (Å²) in [5.74, 6) is -0.0643. The molecule has 2 aliphatic rings. The average Bonchev–Trinajstić information content (AvgIpc) is 3.19. The van der Waals surface area contributed by atoms with E-state index in [1.165, 1.54) is 24.0 Å². The lowest BCUT2D eigenvalue weighted by molar-refractivity contribution is 0.102. The van der Waals surface area contributed by atoms with Crippen LogP contribution in [0.3, 0.4) is 0 Å². The first-order valence-electron chi connectivity index (χ1n) is 7.94. The molecule has 0 bridgehead atoms. The van der Waals surface area contributed by atoms with Crippen LogP contribution in [0.4, 0.5) is 5.69 Å². The van der Waals surface area contributed by atoms with Crippen molar-refractivity contribution in [2.24, 2.45) is 5.73 Å². The number of rotatable bonds is 2. The highest BCUT2D eigenvalue weighted by Crippen LogP contribution is 2.54. The smallest absolute Gasteiger partial charge is 0.255 e. The summed E-state index contributed by atoms with van der Waals surface area (Å²) in [4.78, 5) is 12.3. The monoisotopic (exact) mass is 292 g/mol. The second-order valence-electron chi connectivity index (χ2n) is 6.51. The Kier molecular flexibility index (Phi) is 3.05. The molecule has 0 saturated heterocycles. The van der Waals surface area contributed by atoms with Crippen LogP contribution in [-0.4, -0.2) is 11.9 Å². The summed E-state index contributed by atoms with van der Waals surface area (Å²) in [5, 5.41) is 3.01. The summed E-state index contributed by atoms with van der Waals surface area (Å²) < 4.78 is 0. The Morgan fingerprint density at radius 3 is 2.68 bits per heavy atom.